The van der Waals surface area contributed by atoms with Crippen LogP contribution in [0.3, 0.4) is 0 Å². The highest BCUT2D eigenvalue weighted by Crippen LogP contribution is 2.28. The molecule has 2 rings (SSSR count). The summed E-state index contributed by atoms with van der Waals surface area (Å²) in [6, 6.07) is 12.5. The highest BCUT2D eigenvalue weighted by molar-refractivity contribution is 7.92. The van der Waals surface area contributed by atoms with Gasteiger partial charge in [-0.2, -0.15) is 0 Å². The number of nitrogens with one attached hydrogen (secondary N) is 1. The van der Waals surface area contributed by atoms with Gasteiger partial charge in [-0.1, -0.05) is 43.3 Å². The van der Waals surface area contributed by atoms with Crippen LogP contribution in [0.4, 0.5) is 11.4 Å². The Hall–Kier alpha value is -3.47. The quantitative estimate of drug-likeness (QED) is 0.349. The second-order valence-electron chi connectivity index (χ2n) is 9.98. The maximum atomic E-state index is 13.7. The number of nitro groups is 1. The molecular formula is C26H36N4O6S. The van der Waals surface area contributed by atoms with E-state index in [1.165, 1.54) is 17.0 Å². The van der Waals surface area contributed by atoms with E-state index in [1.807, 2.05) is 51.1 Å². The van der Waals surface area contributed by atoms with Gasteiger partial charge in [0.2, 0.25) is 21.8 Å². The maximum absolute atomic E-state index is 13.7. The molecule has 0 unspecified atom stereocenters. The Morgan fingerprint density at radius 2 is 1.73 bits per heavy atom. The summed E-state index contributed by atoms with van der Waals surface area (Å²) < 4.78 is 26.4. The van der Waals surface area contributed by atoms with E-state index in [2.05, 4.69) is 5.32 Å². The van der Waals surface area contributed by atoms with Gasteiger partial charge in [0, 0.05) is 24.2 Å². The number of amides is 2. The van der Waals surface area contributed by atoms with Crippen molar-refractivity contribution in [1.29, 1.82) is 0 Å². The minimum Gasteiger partial charge on any atom is -0.350 e. The molecule has 0 aliphatic carbocycles. The first-order chi connectivity index (χ1) is 17.1. The van der Waals surface area contributed by atoms with Crippen LogP contribution in [0.25, 0.3) is 0 Å². The molecule has 2 amide bonds. The number of nitro benzene ring substituents is 1. The van der Waals surface area contributed by atoms with Crippen LogP contribution >= 0.6 is 0 Å². The van der Waals surface area contributed by atoms with Crippen molar-refractivity contribution in [1.82, 2.24) is 10.2 Å². The summed E-state index contributed by atoms with van der Waals surface area (Å²) in [5.74, 6) is -0.919. The van der Waals surface area contributed by atoms with Crippen molar-refractivity contribution in [2.75, 3.05) is 23.7 Å². The van der Waals surface area contributed by atoms with Crippen molar-refractivity contribution in [3.63, 3.8) is 0 Å². The first-order valence-electron chi connectivity index (χ1n) is 12.0. The Labute approximate surface area is 218 Å². The summed E-state index contributed by atoms with van der Waals surface area (Å²) in [5, 5.41) is 14.2. The third-order valence-electron chi connectivity index (χ3n) is 5.72. The molecule has 1 N–H and O–H groups in total. The fourth-order valence-electron chi connectivity index (χ4n) is 3.92. The maximum Gasteiger partial charge on any atom is 0.271 e. The highest BCUT2D eigenvalue weighted by Gasteiger charge is 2.33. The van der Waals surface area contributed by atoms with Crippen LogP contribution in [0.5, 0.6) is 0 Å². The predicted molar refractivity (Wildman–Crippen MR) is 144 cm³/mol. The molecule has 1 atom stereocenters. The van der Waals surface area contributed by atoms with Crippen LogP contribution < -0.4 is 9.62 Å². The van der Waals surface area contributed by atoms with Gasteiger partial charge in [0.05, 0.1) is 16.9 Å². The SMILES string of the molecule is CC[C@@H](C(=O)NC(C)(C)C)N(CCc1ccccc1)C(=O)CN(c1cc([N+](=O)[O-])ccc1C)S(C)(=O)=O. The molecule has 10 nitrogen and oxygen atoms in total. The van der Waals surface area contributed by atoms with Crippen molar-refractivity contribution in [2.24, 2.45) is 0 Å². The Balaban J connectivity index is 2.47. The Bertz CT molecular complexity index is 1230. The van der Waals surface area contributed by atoms with E-state index in [-0.39, 0.29) is 23.8 Å². The molecule has 2 aromatic carbocycles. The third kappa shape index (κ3) is 8.56. The number of sulfonamides is 1. The normalized spacial score (nSPS) is 12.5. The van der Waals surface area contributed by atoms with Gasteiger partial charge >= 0.3 is 0 Å². The van der Waals surface area contributed by atoms with Gasteiger partial charge in [-0.15, -0.1) is 0 Å². The number of hydrogen-bond acceptors (Lipinski definition) is 6. The third-order valence-corrected chi connectivity index (χ3v) is 6.85. The van der Waals surface area contributed by atoms with Crippen LogP contribution in [-0.2, 0) is 26.0 Å². The zero-order valence-electron chi connectivity index (χ0n) is 22.2. The monoisotopic (exact) mass is 532 g/mol. The Morgan fingerprint density at radius 3 is 2.24 bits per heavy atom. The largest absolute Gasteiger partial charge is 0.350 e. The lowest BCUT2D eigenvalue weighted by atomic mass is 10.1. The number of anilines is 1. The number of rotatable bonds is 11. The summed E-state index contributed by atoms with van der Waals surface area (Å²) >= 11 is 0. The molecule has 0 aromatic heterocycles. The number of hydrogen-bond donors (Lipinski definition) is 1. The van der Waals surface area contributed by atoms with Gasteiger partial charge in [0.15, 0.2) is 0 Å². The molecule has 0 aliphatic rings. The second-order valence-corrected chi connectivity index (χ2v) is 11.9. The molecular weight excluding hydrogens is 496 g/mol. The van der Waals surface area contributed by atoms with Crippen molar-refractivity contribution >= 4 is 33.2 Å². The minimum atomic E-state index is -4.00. The summed E-state index contributed by atoms with van der Waals surface area (Å²) in [7, 11) is -4.00. The van der Waals surface area contributed by atoms with Crippen molar-refractivity contribution in [3.05, 3.63) is 69.8 Å². The van der Waals surface area contributed by atoms with Crippen LogP contribution in [0, 0.1) is 17.0 Å². The van der Waals surface area contributed by atoms with Crippen LogP contribution in [0.1, 0.15) is 45.2 Å². The molecule has 0 saturated carbocycles. The summed E-state index contributed by atoms with van der Waals surface area (Å²) in [6.45, 7) is 8.49. The molecule has 0 aliphatic heterocycles. The second kappa shape index (κ2) is 12.2. The van der Waals surface area contributed by atoms with Gasteiger partial charge < -0.3 is 10.2 Å². The molecule has 2 aromatic rings. The van der Waals surface area contributed by atoms with Crippen LogP contribution in [0.2, 0.25) is 0 Å². The number of carbonyl (C=O) groups is 2. The number of aryl methyl sites for hydroxylation is 1. The molecule has 0 saturated heterocycles. The van der Waals surface area contributed by atoms with Gasteiger partial charge in [0.25, 0.3) is 5.69 Å². The van der Waals surface area contributed by atoms with E-state index in [9.17, 15) is 28.1 Å². The first kappa shape index (κ1) is 29.8. The number of non-ortho nitro benzene ring substituents is 1. The molecule has 0 bridgehead atoms. The predicted octanol–water partition coefficient (Wildman–Crippen LogP) is 3.43. The fraction of sp³-hybridized carbons (Fsp3) is 0.462. The number of nitrogens with zero attached hydrogens (tertiary/aromatic N) is 3. The van der Waals surface area contributed by atoms with E-state index in [1.54, 1.807) is 13.8 Å². The van der Waals surface area contributed by atoms with Gasteiger partial charge in [0.1, 0.15) is 12.6 Å². The molecule has 202 valence electrons. The average molecular weight is 533 g/mol. The summed E-state index contributed by atoms with van der Waals surface area (Å²) in [6.07, 6.45) is 1.72. The van der Waals surface area contributed by atoms with Gasteiger partial charge in [-0.05, 0) is 51.7 Å². The molecule has 0 spiro atoms. The lowest BCUT2D eigenvalue weighted by Crippen LogP contribution is -2.56. The lowest BCUT2D eigenvalue weighted by Gasteiger charge is -2.34. The van der Waals surface area contributed by atoms with E-state index >= 15 is 0 Å². The number of benzene rings is 2. The topological polar surface area (TPSA) is 130 Å². The average Bonchev–Trinajstić information content (AvgIpc) is 2.79. The smallest absolute Gasteiger partial charge is 0.271 e. The molecule has 37 heavy (non-hydrogen) atoms. The molecule has 0 fully saturated rings. The Kier molecular flexibility index (Phi) is 9.80. The van der Waals surface area contributed by atoms with E-state index in [4.69, 9.17) is 0 Å². The van der Waals surface area contributed by atoms with Crippen LogP contribution in [0.15, 0.2) is 48.5 Å². The van der Waals surface area contributed by atoms with Crippen molar-refractivity contribution in [3.8, 4) is 0 Å². The van der Waals surface area contributed by atoms with E-state index < -0.39 is 39.0 Å². The van der Waals surface area contributed by atoms with Gasteiger partial charge in [-0.3, -0.25) is 24.0 Å². The van der Waals surface area contributed by atoms with E-state index in [0.717, 1.165) is 22.2 Å². The lowest BCUT2D eigenvalue weighted by molar-refractivity contribution is -0.384. The Morgan fingerprint density at radius 1 is 1.11 bits per heavy atom. The van der Waals surface area contributed by atoms with Crippen molar-refractivity contribution in [2.45, 2.75) is 59.0 Å². The molecule has 11 heteroatoms. The zero-order valence-corrected chi connectivity index (χ0v) is 23.0. The first-order valence-corrected chi connectivity index (χ1v) is 13.9. The summed E-state index contributed by atoms with van der Waals surface area (Å²) in [5.41, 5.74) is 0.634. The fourth-order valence-corrected chi connectivity index (χ4v) is 4.82. The van der Waals surface area contributed by atoms with Gasteiger partial charge in [-0.25, -0.2) is 8.42 Å². The van der Waals surface area contributed by atoms with Crippen molar-refractivity contribution < 1.29 is 22.9 Å². The highest BCUT2D eigenvalue weighted by atomic mass is 32.2. The minimum absolute atomic E-state index is 0.0419. The molecule has 0 radical (unpaired) electrons. The molecule has 0 heterocycles. The zero-order chi connectivity index (χ0) is 28.0. The summed E-state index contributed by atoms with van der Waals surface area (Å²) in [4.78, 5) is 39.0. The van der Waals surface area contributed by atoms with Crippen LogP contribution in [-0.4, -0.2) is 61.0 Å². The van der Waals surface area contributed by atoms with E-state index in [0.29, 0.717) is 18.4 Å². The standard InChI is InChI=1S/C26H36N4O6S/c1-7-22(25(32)27-26(3,4)5)28(16-15-20-11-9-8-10-12-20)24(31)18-29(37(6,35)36)23-17-21(30(33)34)14-13-19(23)2/h8-14,17,22H,7,15-16,18H2,1-6H3,(H,27,32)/t22-/m0/s1. The number of carbonyl (C=O) groups excluding carboxylic acids is 2.